The van der Waals surface area contributed by atoms with E-state index in [1.807, 2.05) is 25.1 Å². The minimum atomic E-state index is -2.91. The van der Waals surface area contributed by atoms with Crippen LogP contribution in [0.3, 0.4) is 0 Å². The van der Waals surface area contributed by atoms with Crippen LogP contribution in [0.15, 0.2) is 49.1 Å². The third-order valence-corrected chi connectivity index (χ3v) is 8.95. The molecule has 2 aliphatic rings. The Kier molecular flexibility index (Phi) is 6.32. The molecule has 4 aromatic heterocycles. The van der Waals surface area contributed by atoms with Gasteiger partial charge in [-0.15, -0.1) is 5.10 Å². The van der Waals surface area contributed by atoms with Gasteiger partial charge < -0.3 is 10.2 Å². The van der Waals surface area contributed by atoms with Crippen LogP contribution < -0.4 is 10.2 Å². The van der Waals surface area contributed by atoms with E-state index in [4.69, 9.17) is 5.10 Å². The van der Waals surface area contributed by atoms with Crippen molar-refractivity contribution < 1.29 is 13.2 Å². The van der Waals surface area contributed by atoms with Crippen LogP contribution in [0.25, 0.3) is 11.5 Å². The third kappa shape index (κ3) is 4.86. The Morgan fingerprint density at radius 1 is 1.11 bits per heavy atom. The average Bonchev–Trinajstić information content (AvgIpc) is 3.64. The molecule has 198 valence electrons. The lowest BCUT2D eigenvalue weighted by Crippen LogP contribution is -2.50. The average molecular weight is 536 g/mol. The van der Waals surface area contributed by atoms with E-state index in [9.17, 15) is 13.2 Å². The van der Waals surface area contributed by atoms with Crippen LogP contribution in [0.4, 0.5) is 5.82 Å². The van der Waals surface area contributed by atoms with Crippen LogP contribution in [0.2, 0.25) is 0 Å². The Morgan fingerprint density at radius 3 is 2.68 bits per heavy atom. The van der Waals surface area contributed by atoms with Gasteiger partial charge in [0.15, 0.2) is 27.1 Å². The van der Waals surface area contributed by atoms with Gasteiger partial charge in [-0.05, 0) is 31.0 Å². The second-order valence-electron chi connectivity index (χ2n) is 9.81. The van der Waals surface area contributed by atoms with Crippen molar-refractivity contribution in [1.29, 1.82) is 0 Å². The van der Waals surface area contributed by atoms with Crippen LogP contribution in [-0.2, 0) is 16.4 Å². The van der Waals surface area contributed by atoms with Crippen LogP contribution in [0.5, 0.6) is 0 Å². The van der Waals surface area contributed by atoms with Gasteiger partial charge in [0.05, 0.1) is 29.9 Å². The first-order chi connectivity index (χ1) is 18.4. The summed E-state index contributed by atoms with van der Waals surface area (Å²) in [5.74, 6) is 1.73. The SMILES string of the molecule is Cc1ccc(-n2nc(N3CCN([C@H]4CCS(=O)(=O)C4)CC3)cc2CNC(=O)c2cnn3cccnc23)nc1. The lowest BCUT2D eigenvalue weighted by atomic mass is 10.2. The predicted octanol–water partition coefficient (Wildman–Crippen LogP) is 0.858. The lowest BCUT2D eigenvalue weighted by molar-refractivity contribution is 0.0951. The van der Waals surface area contributed by atoms with Crippen molar-refractivity contribution in [2.75, 3.05) is 42.6 Å². The molecule has 38 heavy (non-hydrogen) atoms. The van der Waals surface area contributed by atoms with Gasteiger partial charge in [0.2, 0.25) is 0 Å². The first-order valence-electron chi connectivity index (χ1n) is 12.6. The summed E-state index contributed by atoms with van der Waals surface area (Å²) in [4.78, 5) is 26.3. The van der Waals surface area contributed by atoms with Gasteiger partial charge in [0.25, 0.3) is 5.91 Å². The Bertz CT molecular complexity index is 1570. The van der Waals surface area contributed by atoms with Crippen molar-refractivity contribution in [2.24, 2.45) is 0 Å². The van der Waals surface area contributed by atoms with Crippen molar-refractivity contribution in [3.05, 3.63) is 65.9 Å². The smallest absolute Gasteiger partial charge is 0.257 e. The number of nitrogens with one attached hydrogen (secondary N) is 1. The quantitative estimate of drug-likeness (QED) is 0.382. The van der Waals surface area contributed by atoms with Crippen LogP contribution in [0.1, 0.15) is 28.0 Å². The number of carbonyl (C=O) groups excluding carboxylic acids is 1. The van der Waals surface area contributed by atoms with E-state index >= 15 is 0 Å². The van der Waals surface area contributed by atoms with E-state index in [1.54, 1.807) is 33.9 Å². The van der Waals surface area contributed by atoms with Gasteiger partial charge in [-0.25, -0.2) is 27.6 Å². The highest BCUT2D eigenvalue weighted by atomic mass is 32.2. The van der Waals surface area contributed by atoms with Crippen LogP contribution >= 0.6 is 0 Å². The van der Waals surface area contributed by atoms with E-state index in [-0.39, 0.29) is 30.0 Å². The highest BCUT2D eigenvalue weighted by Crippen LogP contribution is 2.23. The van der Waals surface area contributed by atoms with Gasteiger partial charge in [0, 0.05) is 56.9 Å². The van der Waals surface area contributed by atoms with Crippen molar-refractivity contribution in [2.45, 2.75) is 25.9 Å². The summed E-state index contributed by atoms with van der Waals surface area (Å²) in [5, 5.41) is 12.0. The molecule has 2 aliphatic heterocycles. The first kappa shape index (κ1) is 24.5. The predicted molar refractivity (Wildman–Crippen MR) is 141 cm³/mol. The molecular weight excluding hydrogens is 506 g/mol. The fourth-order valence-corrected chi connectivity index (χ4v) is 6.86. The molecule has 1 atom stereocenters. The highest BCUT2D eigenvalue weighted by molar-refractivity contribution is 7.91. The zero-order valence-electron chi connectivity index (χ0n) is 21.1. The molecule has 0 aliphatic carbocycles. The number of amides is 1. The molecule has 1 amide bonds. The van der Waals surface area contributed by atoms with Crippen molar-refractivity contribution in [3.8, 4) is 5.82 Å². The van der Waals surface area contributed by atoms with Crippen LogP contribution in [0, 0.1) is 6.92 Å². The Labute approximate surface area is 220 Å². The molecule has 0 unspecified atom stereocenters. The summed E-state index contributed by atoms with van der Waals surface area (Å²) < 4.78 is 27.2. The fraction of sp³-hybridized carbons (Fsp3) is 0.400. The number of nitrogens with zero attached hydrogens (tertiary/aromatic N) is 8. The summed E-state index contributed by atoms with van der Waals surface area (Å²) in [6.45, 7) is 5.27. The highest BCUT2D eigenvalue weighted by Gasteiger charge is 2.34. The van der Waals surface area contributed by atoms with E-state index in [2.05, 4.69) is 30.2 Å². The zero-order chi connectivity index (χ0) is 26.3. The van der Waals surface area contributed by atoms with E-state index in [0.717, 1.165) is 43.3 Å². The molecule has 4 aromatic rings. The summed E-state index contributed by atoms with van der Waals surface area (Å²) in [5.41, 5.74) is 2.72. The van der Waals surface area contributed by atoms with E-state index in [1.165, 1.54) is 6.20 Å². The van der Waals surface area contributed by atoms with Gasteiger partial charge >= 0.3 is 0 Å². The molecule has 0 bridgehead atoms. The molecular formula is C25H29N9O3S. The molecule has 12 nitrogen and oxygen atoms in total. The second-order valence-corrected chi connectivity index (χ2v) is 12.0. The second kappa shape index (κ2) is 9.80. The monoisotopic (exact) mass is 535 g/mol. The molecule has 2 fully saturated rings. The summed E-state index contributed by atoms with van der Waals surface area (Å²) >= 11 is 0. The number of hydrogen-bond donors (Lipinski definition) is 1. The third-order valence-electron chi connectivity index (χ3n) is 7.20. The maximum absolute atomic E-state index is 13.0. The maximum atomic E-state index is 13.0. The zero-order valence-corrected chi connectivity index (χ0v) is 21.9. The molecule has 13 heteroatoms. The molecule has 6 heterocycles. The Balaban J connectivity index is 1.20. The number of piperazine rings is 1. The standard InChI is InChI=1S/C25H29N9O3S/c1-18-3-4-22(27-14-18)34-20(15-28-25(35)21-16-29-33-7-2-6-26-24(21)33)13-23(30-34)32-10-8-31(9-11-32)19-5-12-38(36,37)17-19/h2-4,6-7,13-14,16,19H,5,8-12,15,17H2,1H3,(H,28,35)/t19-/m0/s1. The summed E-state index contributed by atoms with van der Waals surface area (Å²) in [7, 11) is -2.91. The maximum Gasteiger partial charge on any atom is 0.257 e. The molecule has 2 saturated heterocycles. The Hall–Kier alpha value is -3.84. The summed E-state index contributed by atoms with van der Waals surface area (Å²) in [6.07, 6.45) is 7.38. The van der Waals surface area contributed by atoms with Crippen LogP contribution in [-0.4, -0.2) is 92.3 Å². The number of rotatable bonds is 6. The van der Waals surface area contributed by atoms with Crippen molar-refractivity contribution in [3.63, 3.8) is 0 Å². The van der Waals surface area contributed by atoms with Crippen molar-refractivity contribution >= 4 is 27.2 Å². The largest absolute Gasteiger partial charge is 0.353 e. The molecule has 1 N–H and O–H groups in total. The van der Waals surface area contributed by atoms with Gasteiger partial charge in [-0.3, -0.25) is 9.69 Å². The Morgan fingerprint density at radius 2 is 1.95 bits per heavy atom. The van der Waals surface area contributed by atoms with Gasteiger partial charge in [0.1, 0.15) is 5.56 Å². The number of aromatic nitrogens is 6. The molecule has 6 rings (SSSR count). The van der Waals surface area contributed by atoms with Gasteiger partial charge in [-0.2, -0.15) is 5.10 Å². The minimum Gasteiger partial charge on any atom is -0.353 e. The van der Waals surface area contributed by atoms with Crippen molar-refractivity contribution in [1.82, 2.24) is 39.6 Å². The number of sulfone groups is 1. The molecule has 0 saturated carbocycles. The van der Waals surface area contributed by atoms with Gasteiger partial charge in [-0.1, -0.05) is 6.07 Å². The van der Waals surface area contributed by atoms with E-state index < -0.39 is 9.84 Å². The number of aryl methyl sites for hydroxylation is 1. The molecule has 0 aromatic carbocycles. The molecule has 0 radical (unpaired) electrons. The number of fused-ring (bicyclic) bond motifs is 1. The minimum absolute atomic E-state index is 0.108. The molecule has 0 spiro atoms. The number of carbonyl (C=O) groups is 1. The number of hydrogen-bond acceptors (Lipinski definition) is 9. The topological polar surface area (TPSA) is 131 Å². The fourth-order valence-electron chi connectivity index (χ4n) is 5.10. The number of pyridine rings is 1. The van der Waals surface area contributed by atoms with E-state index in [0.29, 0.717) is 23.4 Å². The normalized spacial score (nSPS) is 19.7. The lowest BCUT2D eigenvalue weighted by Gasteiger charge is -2.37. The summed E-state index contributed by atoms with van der Waals surface area (Å²) in [6, 6.07) is 7.73. The number of anilines is 1. The first-order valence-corrected chi connectivity index (χ1v) is 14.5.